The fourth-order valence-corrected chi connectivity index (χ4v) is 14.6. The Kier molecular flexibility index (Phi) is 20.6. The van der Waals surface area contributed by atoms with Crippen LogP contribution in [0.5, 0.6) is 17.2 Å². The predicted octanol–water partition coefficient (Wildman–Crippen LogP) is 6.76. The number of nitrogens with zero attached hydrogens (tertiary/aromatic N) is 3. The number of hydrogen-bond donors (Lipinski definition) is 5. The average Bonchev–Trinajstić information content (AvgIpc) is 1.60. The smallest absolute Gasteiger partial charge is 0.325 e. The first-order valence-corrected chi connectivity index (χ1v) is 32.9. The molecule has 3 aromatic carbocycles. The van der Waals surface area contributed by atoms with Gasteiger partial charge in [-0.2, -0.15) is 0 Å². The van der Waals surface area contributed by atoms with Crippen molar-refractivity contribution >= 4 is 53.3 Å². The molecule has 7 saturated heterocycles. The van der Waals surface area contributed by atoms with E-state index >= 15 is 0 Å². The van der Waals surface area contributed by atoms with Crippen LogP contribution < -0.4 is 40.8 Å². The second kappa shape index (κ2) is 28.7. The van der Waals surface area contributed by atoms with E-state index in [9.17, 15) is 43.2 Å². The number of Topliss-reactive ketones (excluding diaryl/α,β-unsaturated/α-hetero) is 3. The summed E-state index contributed by atoms with van der Waals surface area (Å²) in [6.45, 7) is 6.83. The number of urea groups is 4. The van der Waals surface area contributed by atoms with Crippen LogP contribution in [-0.4, -0.2) is 182 Å². The maximum atomic E-state index is 13.0. The Morgan fingerprint density at radius 3 is 1.11 bits per heavy atom. The van der Waals surface area contributed by atoms with Crippen LogP contribution in [0.2, 0.25) is 0 Å². The van der Waals surface area contributed by atoms with Crippen molar-refractivity contribution in [3.63, 3.8) is 0 Å². The topological polar surface area (TPSA) is 307 Å². The van der Waals surface area contributed by atoms with Gasteiger partial charge in [0.1, 0.15) is 45.7 Å². The second-order valence-corrected chi connectivity index (χ2v) is 26.5. The predicted molar refractivity (Wildman–Crippen MR) is 335 cm³/mol. The van der Waals surface area contributed by atoms with Crippen molar-refractivity contribution in [1.29, 1.82) is 0 Å². The fraction of sp³-hybridized carbons (Fsp3) is 0.603. The molecule has 0 bridgehead atoms. The molecule has 12 aliphatic rings. The zero-order chi connectivity index (χ0) is 66.2. The first-order chi connectivity index (χ1) is 45.2. The van der Waals surface area contributed by atoms with Crippen molar-refractivity contribution in [2.45, 2.75) is 188 Å². The number of rotatable bonds is 9. The molecular formula is C68H88N8O18. The first-order valence-electron chi connectivity index (χ1n) is 32.9. The summed E-state index contributed by atoms with van der Waals surface area (Å²) in [4.78, 5) is 110. The molecule has 0 atom stereocenters. The van der Waals surface area contributed by atoms with Gasteiger partial charge in [0.05, 0.1) is 78.6 Å². The summed E-state index contributed by atoms with van der Waals surface area (Å²) < 4.78 is 49.4. The molecule has 3 aromatic rings. The van der Waals surface area contributed by atoms with Crippen LogP contribution in [0.1, 0.15) is 145 Å². The van der Waals surface area contributed by atoms with Crippen LogP contribution in [0.3, 0.4) is 0 Å². The highest BCUT2D eigenvalue weighted by Crippen LogP contribution is 2.45. The minimum Gasteiger partial charge on any atom is -0.497 e. The Morgan fingerprint density at radius 2 is 0.723 bits per heavy atom. The lowest BCUT2D eigenvalue weighted by Gasteiger charge is -2.41. The number of hydrogen-bond acceptors (Lipinski definition) is 18. The third-order valence-electron chi connectivity index (χ3n) is 20.4. The molecule has 5 aliphatic carbocycles. The molecule has 0 radical (unpaired) electrons. The lowest BCUT2D eigenvalue weighted by Crippen LogP contribution is -2.53. The van der Waals surface area contributed by atoms with Gasteiger partial charge in [-0.1, -0.05) is 36.4 Å². The van der Waals surface area contributed by atoms with Crippen LogP contribution in [0, 0.1) is 0 Å². The number of nitrogens with one attached hydrogen (secondary N) is 5. The van der Waals surface area contributed by atoms with Crippen molar-refractivity contribution in [2.75, 3.05) is 74.1 Å². The lowest BCUT2D eigenvalue weighted by molar-refractivity contribution is -0.186. The van der Waals surface area contributed by atoms with Crippen LogP contribution in [0.4, 0.5) is 19.2 Å². The number of methoxy groups -OCH3 is 3. The first kappa shape index (κ1) is 67.7. The van der Waals surface area contributed by atoms with E-state index in [1.165, 1.54) is 4.90 Å². The van der Waals surface area contributed by atoms with E-state index in [-0.39, 0.29) is 64.9 Å². The monoisotopic (exact) mass is 1300 g/mol. The Balaban J connectivity index is 0.000000123. The van der Waals surface area contributed by atoms with E-state index in [4.69, 9.17) is 42.6 Å². The molecule has 0 aromatic heterocycles. The molecule has 10 amide bonds. The highest BCUT2D eigenvalue weighted by atomic mass is 16.7. The van der Waals surface area contributed by atoms with E-state index < -0.39 is 22.9 Å². The summed E-state index contributed by atoms with van der Waals surface area (Å²) in [5.74, 6) is 1.45. The highest BCUT2D eigenvalue weighted by molar-refractivity contribution is 6.08. The number of imide groups is 2. The highest BCUT2D eigenvalue weighted by Gasteiger charge is 2.57. The van der Waals surface area contributed by atoms with Gasteiger partial charge in [-0.3, -0.25) is 34.2 Å². The molecule has 94 heavy (non-hydrogen) atoms. The van der Waals surface area contributed by atoms with E-state index in [0.29, 0.717) is 148 Å². The standard InChI is InChI=1S/C18H22N2O5.C18H24N2O4.C16H20N2O3.C8H10N2O3.C8H12O3/c1-23-14-4-2-13(3-5-14)12-20-15(21)17(19-16(20)22)6-8-18(9-7-17)24-10-11-25-18;1-22-15-4-2-14(3-5-15)12-20-13-17(19-16(20)21)6-8-18(9-7-17)23-10-11-24-18;1-21-14-4-2-12(3-5-14)10-18-11-16(17-15(18)20)8-6-13(19)7-9-16;11-5-1-3-8(4-2-5)6(12)9-7(13)10-8;9-7-1-3-8(4-2-7)10-5-6-11-8/h2-5H,6-12H2,1H3,(H,19,22);2-5H,6-13H2,1H3,(H,19,21);2-5H,6-11H2,1H3,(H,17,20);1-4H2,(H2,9,10,12,13);1-6H2. The Bertz CT molecular complexity index is 3220. The molecule has 508 valence electrons. The minimum atomic E-state index is -0.815. The summed E-state index contributed by atoms with van der Waals surface area (Å²) in [7, 11) is 4.89. The van der Waals surface area contributed by atoms with E-state index in [2.05, 4.69) is 26.6 Å². The molecule has 7 heterocycles. The number of ether oxygens (including phenoxy) is 9. The quantitative estimate of drug-likeness (QED) is 0.138. The van der Waals surface area contributed by atoms with Crippen molar-refractivity contribution in [3.8, 4) is 17.2 Å². The van der Waals surface area contributed by atoms with Gasteiger partial charge in [0.15, 0.2) is 17.4 Å². The average molecular weight is 1310 g/mol. The molecule has 26 heteroatoms. The fourth-order valence-electron chi connectivity index (χ4n) is 14.6. The molecule has 15 rings (SSSR count). The Labute approximate surface area is 546 Å². The Morgan fingerprint density at radius 1 is 0.372 bits per heavy atom. The van der Waals surface area contributed by atoms with Gasteiger partial charge in [0, 0.05) is 103 Å². The molecule has 7 spiro atoms. The van der Waals surface area contributed by atoms with E-state index in [0.717, 1.165) is 91.9 Å². The number of benzene rings is 3. The summed E-state index contributed by atoms with van der Waals surface area (Å²) in [6.07, 6.45) is 12.9. The normalized spacial score (nSPS) is 24.4. The maximum Gasteiger partial charge on any atom is 0.325 e. The van der Waals surface area contributed by atoms with Gasteiger partial charge < -0.3 is 73.7 Å². The SMILES string of the molecule is COc1ccc(CN2C(=O)NC3(CCC4(CC3)OCCO4)C2=O)cc1.COc1ccc(CN2CC3(CCC(=O)CC3)NC2=O)cc1.COc1ccc(CN2CC3(CCC4(CC3)OCCO4)NC2=O)cc1.O=C1CCC2(CC1)NC(=O)NC2=O.O=C1CCC2(CC1)OCCO2. The van der Waals surface area contributed by atoms with Gasteiger partial charge in [-0.05, 0) is 104 Å². The van der Waals surface area contributed by atoms with Crippen molar-refractivity contribution in [2.24, 2.45) is 0 Å². The number of ketones is 3. The van der Waals surface area contributed by atoms with Crippen LogP contribution in [0.25, 0.3) is 0 Å². The summed E-state index contributed by atoms with van der Waals surface area (Å²) in [5.41, 5.74) is 1.14. The third-order valence-corrected chi connectivity index (χ3v) is 20.4. The second-order valence-electron chi connectivity index (χ2n) is 26.5. The van der Waals surface area contributed by atoms with Crippen LogP contribution in [-0.2, 0) is 72.0 Å². The summed E-state index contributed by atoms with van der Waals surface area (Å²) >= 11 is 0. The van der Waals surface area contributed by atoms with Crippen molar-refractivity contribution in [3.05, 3.63) is 89.5 Å². The van der Waals surface area contributed by atoms with Crippen molar-refractivity contribution < 1.29 is 85.8 Å². The largest absolute Gasteiger partial charge is 0.497 e. The molecule has 26 nitrogen and oxygen atoms in total. The molecular weight excluding hydrogens is 1220 g/mol. The van der Waals surface area contributed by atoms with E-state index in [1.807, 2.05) is 82.6 Å². The van der Waals surface area contributed by atoms with Gasteiger partial charge in [-0.25, -0.2) is 19.2 Å². The molecule has 12 fully saturated rings. The van der Waals surface area contributed by atoms with Gasteiger partial charge in [0.25, 0.3) is 11.8 Å². The van der Waals surface area contributed by atoms with Gasteiger partial charge >= 0.3 is 24.1 Å². The summed E-state index contributed by atoms with van der Waals surface area (Å²) in [6, 6.07) is 22.2. The molecule has 0 unspecified atom stereocenters. The minimum absolute atomic E-state index is 0.0232. The molecule has 5 saturated carbocycles. The molecule has 7 aliphatic heterocycles. The van der Waals surface area contributed by atoms with Crippen LogP contribution in [0.15, 0.2) is 72.8 Å². The third kappa shape index (κ3) is 15.6. The number of carbonyl (C=O) groups is 9. The number of carbonyl (C=O) groups excluding carboxylic acids is 9. The van der Waals surface area contributed by atoms with Crippen LogP contribution >= 0.6 is 0 Å². The van der Waals surface area contributed by atoms with Gasteiger partial charge in [-0.15, -0.1) is 0 Å². The lowest BCUT2D eigenvalue weighted by atomic mass is 9.78. The maximum absolute atomic E-state index is 13.0. The zero-order valence-electron chi connectivity index (χ0n) is 54.0. The Hall–Kier alpha value is -7.75. The summed E-state index contributed by atoms with van der Waals surface area (Å²) in [5, 5.41) is 14.0. The number of amides is 10. The van der Waals surface area contributed by atoms with Crippen molar-refractivity contribution in [1.82, 2.24) is 41.3 Å². The molecule has 5 N–H and O–H groups in total. The van der Waals surface area contributed by atoms with E-state index in [1.54, 1.807) is 21.3 Å². The van der Waals surface area contributed by atoms with Gasteiger partial charge in [0.2, 0.25) is 0 Å². The zero-order valence-corrected chi connectivity index (χ0v) is 54.0.